The van der Waals surface area contributed by atoms with Gasteiger partial charge in [-0.1, -0.05) is 0 Å². The van der Waals surface area contributed by atoms with Gasteiger partial charge in [0.2, 0.25) is 0 Å². The van der Waals surface area contributed by atoms with Crippen LogP contribution in [0.4, 0.5) is 0 Å². The molecule has 0 amide bonds. The molecule has 1 rings (SSSR count). The van der Waals surface area contributed by atoms with Gasteiger partial charge in [-0.3, -0.25) is 0 Å². The second-order valence-electron chi connectivity index (χ2n) is 1.08. The van der Waals surface area contributed by atoms with Crippen molar-refractivity contribution in [3.63, 3.8) is 0 Å². The molecule has 0 bridgehead atoms. The fourth-order valence-electron chi connectivity index (χ4n) is 0.342. The summed E-state index contributed by atoms with van der Waals surface area (Å²) < 4.78 is 0. The van der Waals surface area contributed by atoms with Gasteiger partial charge in [0, 0.05) is 47.5 Å². The molecule has 3 N–H and O–H groups in total. The average molecular weight is 264 g/mol. The quantitative estimate of drug-likeness (QED) is 0.591. The summed E-state index contributed by atoms with van der Waals surface area (Å²) in [6.07, 6.45) is 0. The van der Waals surface area contributed by atoms with E-state index in [2.05, 4.69) is 6.07 Å². The number of aliphatic hydroxyl groups excluding tert-OH is 3. The van der Waals surface area contributed by atoms with Crippen LogP contribution in [0, 0.1) is 6.07 Å². The summed E-state index contributed by atoms with van der Waals surface area (Å²) in [4.78, 5) is 0. The van der Waals surface area contributed by atoms with Gasteiger partial charge in [0.1, 0.15) is 0 Å². The van der Waals surface area contributed by atoms with Gasteiger partial charge in [-0.25, -0.2) is 0 Å². The van der Waals surface area contributed by atoms with E-state index in [0.717, 1.165) is 21.3 Å². The Labute approximate surface area is 99.2 Å². The van der Waals surface area contributed by atoms with Gasteiger partial charge in [-0.15, -0.1) is 0 Å². The molecule has 0 unspecified atom stereocenters. The molecule has 3 nitrogen and oxygen atoms in total. The Bertz CT molecular complexity index is 86.8. The summed E-state index contributed by atoms with van der Waals surface area (Å²) in [5.41, 5.74) is 0. The van der Waals surface area contributed by atoms with Crippen molar-refractivity contribution >= 4 is 0 Å². The third-order valence-corrected chi connectivity index (χ3v) is 0.607. The second-order valence-corrected chi connectivity index (χ2v) is 1.08. The van der Waals surface area contributed by atoms with Crippen LogP contribution in [0.2, 0.25) is 0 Å². The van der Waals surface area contributed by atoms with Crippen molar-refractivity contribution in [2.45, 2.75) is 0 Å². The van der Waals surface area contributed by atoms with Crippen LogP contribution in [0.25, 0.3) is 0 Å². The monoisotopic (exact) mass is 263 g/mol. The minimum atomic E-state index is 0. The maximum Gasteiger partial charge on any atom is 0.0319 e. The molecular weight excluding hydrogens is 247 g/mol. The van der Waals surface area contributed by atoms with Gasteiger partial charge < -0.3 is 15.3 Å². The van der Waals surface area contributed by atoms with E-state index in [4.69, 9.17) is 15.3 Å². The van der Waals surface area contributed by atoms with E-state index in [1.54, 1.807) is 0 Å². The molecule has 0 aliphatic carbocycles. The number of benzene rings is 1. The number of rotatable bonds is 0. The van der Waals surface area contributed by atoms with Crippen LogP contribution in [0.3, 0.4) is 0 Å². The normalized spacial score (nSPS) is 5.08. The van der Waals surface area contributed by atoms with E-state index >= 15 is 0 Å². The first kappa shape index (κ1) is 23.1. The van der Waals surface area contributed by atoms with Crippen molar-refractivity contribution < 1.29 is 41.5 Å². The Morgan fingerprint density at radius 1 is 0.692 bits per heavy atom. The van der Waals surface area contributed by atoms with Gasteiger partial charge in [0.15, 0.2) is 0 Å². The zero-order valence-electron chi connectivity index (χ0n) is 8.23. The Morgan fingerprint density at radius 2 is 1.00 bits per heavy atom. The SMILES string of the molecule is CO.CO.CO.[Zr].[c-]1ccccc1. The summed E-state index contributed by atoms with van der Waals surface area (Å²) in [7, 11) is 3.00. The van der Waals surface area contributed by atoms with Crippen molar-refractivity contribution in [3.8, 4) is 0 Å². The molecule has 0 radical (unpaired) electrons. The van der Waals surface area contributed by atoms with Crippen LogP contribution < -0.4 is 0 Å². The molecule has 0 heterocycles. The van der Waals surface area contributed by atoms with E-state index in [1.807, 2.05) is 30.3 Å². The molecule has 0 saturated carbocycles. The predicted octanol–water partition coefficient (Wildman–Crippen LogP) is 0.310. The third-order valence-electron chi connectivity index (χ3n) is 0.607. The smallest absolute Gasteiger partial charge is 0.0319 e. The van der Waals surface area contributed by atoms with E-state index in [-0.39, 0.29) is 26.2 Å². The molecular formula is C9H17O3Zr-. The van der Waals surface area contributed by atoms with E-state index in [9.17, 15) is 0 Å². The Balaban J connectivity index is -0.0000000508. The van der Waals surface area contributed by atoms with Crippen LogP contribution >= 0.6 is 0 Å². The molecule has 0 saturated heterocycles. The van der Waals surface area contributed by atoms with Crippen LogP contribution in [0.1, 0.15) is 0 Å². The average Bonchev–Trinajstić information content (AvgIpc) is 2.29. The first-order chi connectivity index (χ1) is 6.00. The summed E-state index contributed by atoms with van der Waals surface area (Å²) in [6, 6.07) is 12.5. The molecule has 0 atom stereocenters. The first-order valence-corrected chi connectivity index (χ1v) is 3.25. The largest absolute Gasteiger partial charge is 0.400 e. The molecule has 1 aromatic rings. The summed E-state index contributed by atoms with van der Waals surface area (Å²) in [5, 5.41) is 21.0. The molecule has 0 aliphatic heterocycles. The Morgan fingerprint density at radius 3 is 1.08 bits per heavy atom. The van der Waals surface area contributed by atoms with Crippen LogP contribution in [0.15, 0.2) is 30.3 Å². The molecule has 13 heavy (non-hydrogen) atoms. The van der Waals surface area contributed by atoms with Gasteiger partial charge in [-0.05, 0) is 0 Å². The van der Waals surface area contributed by atoms with Crippen molar-refractivity contribution in [1.29, 1.82) is 0 Å². The zero-order valence-corrected chi connectivity index (χ0v) is 10.7. The van der Waals surface area contributed by atoms with Crippen LogP contribution in [-0.2, 0) is 26.2 Å². The molecule has 76 valence electrons. The molecule has 0 fully saturated rings. The van der Waals surface area contributed by atoms with Crippen LogP contribution in [0.5, 0.6) is 0 Å². The fraction of sp³-hybridized carbons (Fsp3) is 0.333. The summed E-state index contributed by atoms with van der Waals surface area (Å²) >= 11 is 0. The Kier molecular flexibility index (Phi) is 71.8. The maximum absolute atomic E-state index is 7.00. The zero-order chi connectivity index (χ0) is 10.2. The van der Waals surface area contributed by atoms with E-state index in [0.29, 0.717) is 0 Å². The third kappa shape index (κ3) is 33.4. The minimum Gasteiger partial charge on any atom is -0.400 e. The molecule has 0 spiro atoms. The predicted molar refractivity (Wildman–Crippen MR) is 49.7 cm³/mol. The molecule has 0 aliphatic rings. The second kappa shape index (κ2) is 40.4. The molecule has 1 aromatic carbocycles. The number of aliphatic hydroxyl groups is 3. The minimum absolute atomic E-state index is 0. The van der Waals surface area contributed by atoms with Gasteiger partial charge in [0.25, 0.3) is 0 Å². The fourth-order valence-corrected chi connectivity index (χ4v) is 0.342. The van der Waals surface area contributed by atoms with E-state index in [1.165, 1.54) is 0 Å². The summed E-state index contributed by atoms with van der Waals surface area (Å²) in [5.74, 6) is 0. The van der Waals surface area contributed by atoms with Crippen molar-refractivity contribution in [2.24, 2.45) is 0 Å². The van der Waals surface area contributed by atoms with Gasteiger partial charge in [0.05, 0.1) is 0 Å². The molecule has 0 aromatic heterocycles. The van der Waals surface area contributed by atoms with Gasteiger partial charge in [-0.2, -0.15) is 36.4 Å². The number of hydrogen-bond acceptors (Lipinski definition) is 3. The van der Waals surface area contributed by atoms with Crippen molar-refractivity contribution in [2.75, 3.05) is 21.3 Å². The van der Waals surface area contributed by atoms with Gasteiger partial charge >= 0.3 is 0 Å². The standard InChI is InChI=1S/C6H5.3CH4O.Zr/c1-2-4-6-5-3-1;3*1-2;/h1-5H;3*2H,1H3;/q-1;;;;. The van der Waals surface area contributed by atoms with Crippen LogP contribution in [-0.4, -0.2) is 36.6 Å². The topological polar surface area (TPSA) is 60.7 Å². The van der Waals surface area contributed by atoms with E-state index < -0.39 is 0 Å². The van der Waals surface area contributed by atoms with Crippen molar-refractivity contribution in [1.82, 2.24) is 0 Å². The Hall–Kier alpha value is -0.0169. The van der Waals surface area contributed by atoms with Crippen molar-refractivity contribution in [3.05, 3.63) is 36.4 Å². The first-order valence-electron chi connectivity index (χ1n) is 3.25. The number of hydrogen-bond donors (Lipinski definition) is 3. The summed E-state index contributed by atoms with van der Waals surface area (Å²) in [6.45, 7) is 0. The molecule has 4 heteroatoms. The maximum atomic E-state index is 7.00.